The fourth-order valence-electron chi connectivity index (χ4n) is 3.49. The second-order valence-electron chi connectivity index (χ2n) is 7.42. The highest BCUT2D eigenvalue weighted by Gasteiger charge is 2.28. The van der Waals surface area contributed by atoms with Gasteiger partial charge in [0.25, 0.3) is 0 Å². The fraction of sp³-hybridized carbons (Fsp3) is 0.115. The molecule has 148 valence electrons. The van der Waals surface area contributed by atoms with Crippen LogP contribution in [-0.2, 0) is 6.61 Å². The van der Waals surface area contributed by atoms with Gasteiger partial charge < -0.3 is 14.2 Å². The van der Waals surface area contributed by atoms with Crippen LogP contribution in [0.15, 0.2) is 84.1 Å². The maximum absolute atomic E-state index is 12.7. The molecular weight excluding hydrogens is 376 g/mol. The van der Waals surface area contributed by atoms with E-state index in [9.17, 15) is 4.79 Å². The standard InChI is InChI=1S/C26H20O4/c1-17-6-8-18(9-7-17)15-28-21-10-11-22-24(14-21)30-25(26(22)27)13-19-12-20-4-2-3-5-23(20)29-16-19/h2-14H,15-16H2,1H3/b25-13-. The number of hydrogen-bond acceptors (Lipinski definition) is 4. The Balaban J connectivity index is 1.33. The number of hydrogen-bond donors (Lipinski definition) is 0. The number of rotatable bonds is 4. The molecule has 3 aromatic rings. The summed E-state index contributed by atoms with van der Waals surface area (Å²) >= 11 is 0. The molecule has 30 heavy (non-hydrogen) atoms. The minimum absolute atomic E-state index is 0.130. The van der Waals surface area contributed by atoms with Crippen molar-refractivity contribution >= 4 is 11.9 Å². The van der Waals surface area contributed by atoms with Crippen molar-refractivity contribution in [1.82, 2.24) is 0 Å². The lowest BCUT2D eigenvalue weighted by Crippen LogP contribution is -2.08. The van der Waals surface area contributed by atoms with E-state index in [-0.39, 0.29) is 5.78 Å². The summed E-state index contributed by atoms with van der Waals surface area (Å²) in [7, 11) is 0. The van der Waals surface area contributed by atoms with Crippen LogP contribution < -0.4 is 14.2 Å². The quantitative estimate of drug-likeness (QED) is 0.546. The number of benzene rings is 3. The van der Waals surface area contributed by atoms with Gasteiger partial charge in [0.05, 0.1) is 5.56 Å². The molecule has 0 bridgehead atoms. The van der Waals surface area contributed by atoms with E-state index in [1.54, 1.807) is 24.3 Å². The Bertz CT molecular complexity index is 1190. The van der Waals surface area contributed by atoms with Gasteiger partial charge in [-0.3, -0.25) is 4.79 Å². The minimum atomic E-state index is -0.130. The van der Waals surface area contributed by atoms with Gasteiger partial charge in [0, 0.05) is 11.6 Å². The molecule has 5 rings (SSSR count). The largest absolute Gasteiger partial charge is 0.489 e. The van der Waals surface area contributed by atoms with Gasteiger partial charge in [0.1, 0.15) is 30.5 Å². The van der Waals surface area contributed by atoms with Gasteiger partial charge in [0.15, 0.2) is 5.76 Å². The molecule has 4 heteroatoms. The van der Waals surface area contributed by atoms with Gasteiger partial charge in [-0.05, 0) is 48.4 Å². The van der Waals surface area contributed by atoms with Crippen molar-refractivity contribution in [3.8, 4) is 17.2 Å². The Labute approximate surface area is 175 Å². The van der Waals surface area contributed by atoms with Crippen LogP contribution in [0.5, 0.6) is 17.2 Å². The molecular formula is C26H20O4. The predicted octanol–water partition coefficient (Wildman–Crippen LogP) is 5.51. The molecule has 0 atom stereocenters. The van der Waals surface area contributed by atoms with E-state index in [0.29, 0.717) is 36.0 Å². The summed E-state index contributed by atoms with van der Waals surface area (Å²) in [4.78, 5) is 12.7. The summed E-state index contributed by atoms with van der Waals surface area (Å²) in [5.74, 6) is 2.20. The number of ketones is 1. The number of aryl methyl sites for hydroxylation is 1. The van der Waals surface area contributed by atoms with Gasteiger partial charge in [-0.2, -0.15) is 0 Å². The Kier molecular flexibility index (Phi) is 4.60. The van der Waals surface area contributed by atoms with E-state index in [2.05, 4.69) is 19.1 Å². The molecule has 0 radical (unpaired) electrons. The van der Waals surface area contributed by atoms with Crippen LogP contribution in [0.2, 0.25) is 0 Å². The number of fused-ring (bicyclic) bond motifs is 2. The first-order valence-corrected chi connectivity index (χ1v) is 9.85. The lowest BCUT2D eigenvalue weighted by atomic mass is 10.1. The molecule has 3 aromatic carbocycles. The number of carbonyl (C=O) groups excluding carboxylic acids is 1. The van der Waals surface area contributed by atoms with Crippen molar-refractivity contribution in [2.45, 2.75) is 13.5 Å². The van der Waals surface area contributed by atoms with E-state index >= 15 is 0 Å². The van der Waals surface area contributed by atoms with Crippen LogP contribution in [0.4, 0.5) is 0 Å². The smallest absolute Gasteiger partial charge is 0.231 e. The zero-order valence-electron chi connectivity index (χ0n) is 16.6. The molecule has 0 spiro atoms. The van der Waals surface area contributed by atoms with Gasteiger partial charge in [-0.25, -0.2) is 0 Å². The van der Waals surface area contributed by atoms with E-state index in [0.717, 1.165) is 22.4 Å². The van der Waals surface area contributed by atoms with Crippen LogP contribution in [0.25, 0.3) is 6.08 Å². The molecule has 0 unspecified atom stereocenters. The zero-order valence-corrected chi connectivity index (χ0v) is 16.6. The van der Waals surface area contributed by atoms with Gasteiger partial charge in [-0.15, -0.1) is 0 Å². The summed E-state index contributed by atoms with van der Waals surface area (Å²) in [6.45, 7) is 2.91. The maximum atomic E-state index is 12.7. The van der Waals surface area contributed by atoms with Crippen LogP contribution in [0.3, 0.4) is 0 Å². The van der Waals surface area contributed by atoms with Crippen LogP contribution in [0, 0.1) is 6.92 Å². The van der Waals surface area contributed by atoms with Crippen LogP contribution in [-0.4, -0.2) is 12.4 Å². The van der Waals surface area contributed by atoms with Crippen molar-refractivity contribution in [2.75, 3.05) is 6.61 Å². The van der Waals surface area contributed by atoms with Crippen LogP contribution >= 0.6 is 0 Å². The second kappa shape index (κ2) is 7.56. The Hall–Kier alpha value is -3.79. The molecule has 2 aliphatic heterocycles. The molecule has 4 nitrogen and oxygen atoms in total. The first kappa shape index (κ1) is 18.3. The highest BCUT2D eigenvalue weighted by Crippen LogP contribution is 2.35. The van der Waals surface area contributed by atoms with Crippen molar-refractivity contribution in [2.24, 2.45) is 0 Å². The molecule has 0 aromatic heterocycles. The Morgan fingerprint density at radius 2 is 1.83 bits per heavy atom. The lowest BCUT2D eigenvalue weighted by Gasteiger charge is -2.15. The maximum Gasteiger partial charge on any atom is 0.231 e. The normalized spacial score (nSPS) is 15.7. The molecule has 0 saturated carbocycles. The SMILES string of the molecule is Cc1ccc(COc2ccc3c(c2)O/C(=C\C2=Cc4ccccc4OC2)C3=O)cc1. The number of allylic oxidation sites excluding steroid dienone is 1. The molecule has 0 N–H and O–H groups in total. The summed E-state index contributed by atoms with van der Waals surface area (Å²) in [5, 5.41) is 0. The predicted molar refractivity (Wildman–Crippen MR) is 115 cm³/mol. The number of carbonyl (C=O) groups is 1. The average Bonchev–Trinajstić information content (AvgIpc) is 3.08. The number of Topliss-reactive ketones (excluding diaryl/α,β-unsaturated/α-hetero) is 1. The van der Waals surface area contributed by atoms with E-state index in [4.69, 9.17) is 14.2 Å². The summed E-state index contributed by atoms with van der Waals surface area (Å²) < 4.78 is 17.5. The lowest BCUT2D eigenvalue weighted by molar-refractivity contribution is 0.101. The Morgan fingerprint density at radius 3 is 2.70 bits per heavy atom. The average molecular weight is 396 g/mol. The van der Waals surface area contributed by atoms with Crippen molar-refractivity contribution in [3.05, 3.63) is 106 Å². The van der Waals surface area contributed by atoms with Gasteiger partial charge in [0.2, 0.25) is 5.78 Å². The summed E-state index contributed by atoms with van der Waals surface area (Å²) in [5.41, 5.74) is 4.72. The minimum Gasteiger partial charge on any atom is -0.489 e. The monoisotopic (exact) mass is 396 g/mol. The first-order chi connectivity index (χ1) is 14.7. The zero-order chi connectivity index (χ0) is 20.5. The van der Waals surface area contributed by atoms with E-state index < -0.39 is 0 Å². The molecule has 0 aliphatic carbocycles. The molecule has 0 saturated heterocycles. The van der Waals surface area contributed by atoms with Gasteiger partial charge in [-0.1, -0.05) is 48.0 Å². The summed E-state index contributed by atoms with van der Waals surface area (Å²) in [6.07, 6.45) is 3.77. The Morgan fingerprint density at radius 1 is 1.00 bits per heavy atom. The third-order valence-corrected chi connectivity index (χ3v) is 5.14. The number of ether oxygens (including phenoxy) is 3. The number of para-hydroxylation sites is 1. The molecule has 2 heterocycles. The summed E-state index contributed by atoms with van der Waals surface area (Å²) in [6, 6.07) is 21.3. The van der Waals surface area contributed by atoms with Crippen molar-refractivity contribution in [1.29, 1.82) is 0 Å². The second-order valence-corrected chi connectivity index (χ2v) is 7.42. The highest BCUT2D eigenvalue weighted by atomic mass is 16.5. The molecule has 0 fully saturated rings. The third-order valence-electron chi connectivity index (χ3n) is 5.14. The fourth-order valence-corrected chi connectivity index (χ4v) is 3.49. The van der Waals surface area contributed by atoms with E-state index in [1.165, 1.54) is 5.56 Å². The molecule has 2 aliphatic rings. The highest BCUT2D eigenvalue weighted by molar-refractivity contribution is 6.12. The van der Waals surface area contributed by atoms with Crippen LogP contribution in [0.1, 0.15) is 27.0 Å². The van der Waals surface area contributed by atoms with Gasteiger partial charge >= 0.3 is 0 Å². The third kappa shape index (κ3) is 3.60. The first-order valence-electron chi connectivity index (χ1n) is 9.85. The van der Waals surface area contributed by atoms with E-state index in [1.807, 2.05) is 42.5 Å². The topological polar surface area (TPSA) is 44.8 Å². The van der Waals surface area contributed by atoms with Crippen molar-refractivity contribution < 1.29 is 19.0 Å². The molecule has 0 amide bonds. The van der Waals surface area contributed by atoms with Crippen molar-refractivity contribution in [3.63, 3.8) is 0 Å².